The number of aromatic nitrogens is 2. The predicted molar refractivity (Wildman–Crippen MR) is 56.3 cm³/mol. The first-order valence-electron chi connectivity index (χ1n) is 4.99. The van der Waals surface area contributed by atoms with Gasteiger partial charge in [0.25, 0.3) is 5.91 Å². The highest BCUT2D eigenvalue weighted by molar-refractivity contribution is 5.96. The Bertz CT molecular complexity index is 501. The number of aryl methyl sites for hydroxylation is 1. The number of carbonyl (C=O) groups excluding carboxylic acids is 1. The van der Waals surface area contributed by atoms with Gasteiger partial charge in [0.1, 0.15) is 5.69 Å². The first-order valence-corrected chi connectivity index (χ1v) is 4.99. The summed E-state index contributed by atoms with van der Waals surface area (Å²) in [5, 5.41) is 10.0. The molecule has 1 aromatic rings. The molecule has 0 bridgehead atoms. The minimum absolute atomic E-state index is 0.356. The molecule has 1 amide bonds. The third kappa shape index (κ3) is 2.98. The summed E-state index contributed by atoms with van der Waals surface area (Å²) in [6, 6.07) is 0. The second-order valence-electron chi connectivity index (χ2n) is 3.93. The maximum Gasteiger partial charge on any atom is 0.422 e. The molecular weight excluding hydrogens is 267 g/mol. The molecule has 0 aliphatic heterocycles. The van der Waals surface area contributed by atoms with Gasteiger partial charge in [0.2, 0.25) is 5.54 Å². The van der Waals surface area contributed by atoms with Crippen molar-refractivity contribution in [1.82, 2.24) is 15.3 Å². The van der Waals surface area contributed by atoms with Gasteiger partial charge in [0, 0.05) is 6.20 Å². The molecule has 1 atom stereocenters. The second-order valence-corrected chi connectivity index (χ2v) is 3.93. The Kier molecular flexibility index (Phi) is 3.78. The lowest BCUT2D eigenvalue weighted by Crippen LogP contribution is -2.62. The molecule has 1 heterocycles. The van der Waals surface area contributed by atoms with Crippen molar-refractivity contribution in [2.24, 2.45) is 0 Å². The second kappa shape index (κ2) is 4.82. The van der Waals surface area contributed by atoms with Crippen LogP contribution in [0.25, 0.3) is 0 Å². The molecule has 0 saturated heterocycles. The molecule has 19 heavy (non-hydrogen) atoms. The van der Waals surface area contributed by atoms with Gasteiger partial charge in [-0.1, -0.05) is 0 Å². The van der Waals surface area contributed by atoms with Crippen LogP contribution in [0.3, 0.4) is 0 Å². The molecule has 1 unspecified atom stereocenters. The number of nitrogens with one attached hydrogen (secondary N) is 1. The number of carbonyl (C=O) groups is 2. The first-order chi connectivity index (χ1) is 8.58. The number of nitrogens with zero attached hydrogens (tertiary/aromatic N) is 2. The van der Waals surface area contributed by atoms with Crippen molar-refractivity contribution in [1.29, 1.82) is 0 Å². The quantitative estimate of drug-likeness (QED) is 0.857. The fraction of sp³-hybridized carbons (Fsp3) is 0.400. The zero-order chi connectivity index (χ0) is 14.8. The van der Waals surface area contributed by atoms with E-state index in [2.05, 4.69) is 9.97 Å². The summed E-state index contributed by atoms with van der Waals surface area (Å²) in [7, 11) is 0. The lowest BCUT2D eigenvalue weighted by Gasteiger charge is -2.28. The Labute approximate surface area is 105 Å². The zero-order valence-corrected chi connectivity index (χ0v) is 9.95. The number of rotatable bonds is 3. The van der Waals surface area contributed by atoms with Gasteiger partial charge in [-0.3, -0.25) is 9.78 Å². The minimum atomic E-state index is -5.15. The number of amides is 1. The molecule has 0 aliphatic rings. The highest BCUT2D eigenvalue weighted by Gasteiger charge is 2.58. The largest absolute Gasteiger partial charge is 0.479 e. The van der Waals surface area contributed by atoms with Gasteiger partial charge in [-0.25, -0.2) is 9.78 Å². The van der Waals surface area contributed by atoms with E-state index in [1.165, 1.54) is 11.5 Å². The minimum Gasteiger partial charge on any atom is -0.479 e. The molecule has 0 radical (unpaired) electrons. The maximum atomic E-state index is 12.7. The normalized spacial score (nSPS) is 14.6. The highest BCUT2D eigenvalue weighted by Crippen LogP contribution is 2.30. The lowest BCUT2D eigenvalue weighted by atomic mass is 10.0. The Morgan fingerprint density at radius 1 is 1.26 bits per heavy atom. The van der Waals surface area contributed by atoms with Crippen LogP contribution in [0.1, 0.15) is 23.1 Å². The molecular formula is C10H10F3N3O3. The van der Waals surface area contributed by atoms with Gasteiger partial charge >= 0.3 is 12.1 Å². The number of carboxylic acids is 1. The third-order valence-electron chi connectivity index (χ3n) is 2.37. The van der Waals surface area contributed by atoms with Crippen molar-refractivity contribution >= 4 is 11.9 Å². The van der Waals surface area contributed by atoms with Gasteiger partial charge in [-0.2, -0.15) is 13.2 Å². The van der Waals surface area contributed by atoms with E-state index in [1.807, 2.05) is 0 Å². The maximum absolute atomic E-state index is 12.7. The molecule has 0 aliphatic carbocycles. The van der Waals surface area contributed by atoms with E-state index in [0.29, 0.717) is 12.6 Å². The van der Waals surface area contributed by atoms with E-state index in [9.17, 15) is 22.8 Å². The number of hydrogen-bond acceptors (Lipinski definition) is 4. The standard InChI is InChI=1S/C10H10F3N3O3/c1-5-3-15-6(4-14-5)7(17)16-9(2,8(18)19)10(11,12)13/h3-4H,1-2H3,(H,16,17)(H,18,19). The van der Waals surface area contributed by atoms with Crippen molar-refractivity contribution in [2.75, 3.05) is 0 Å². The van der Waals surface area contributed by atoms with Crippen molar-refractivity contribution < 1.29 is 27.9 Å². The van der Waals surface area contributed by atoms with Crippen LogP contribution in [-0.2, 0) is 4.79 Å². The van der Waals surface area contributed by atoms with Crippen molar-refractivity contribution in [3.63, 3.8) is 0 Å². The third-order valence-corrected chi connectivity index (χ3v) is 2.37. The SMILES string of the molecule is Cc1cnc(C(=O)NC(C)(C(=O)O)C(F)(F)F)cn1. The average molecular weight is 277 g/mol. The monoisotopic (exact) mass is 277 g/mol. The van der Waals surface area contributed by atoms with Crippen molar-refractivity contribution in [3.05, 3.63) is 23.8 Å². The van der Waals surface area contributed by atoms with Crippen molar-refractivity contribution in [3.8, 4) is 0 Å². The van der Waals surface area contributed by atoms with Gasteiger partial charge in [0.05, 0.1) is 11.9 Å². The number of hydrogen-bond donors (Lipinski definition) is 2. The molecule has 1 rings (SSSR count). The molecule has 1 aromatic heterocycles. The van der Waals surface area contributed by atoms with E-state index in [1.54, 1.807) is 6.92 Å². The molecule has 2 N–H and O–H groups in total. The number of aliphatic carboxylic acids is 1. The molecule has 0 saturated carbocycles. The molecule has 104 valence electrons. The number of carboxylic acid groups (broad SMARTS) is 1. The van der Waals surface area contributed by atoms with Crippen LogP contribution >= 0.6 is 0 Å². The molecule has 9 heteroatoms. The average Bonchev–Trinajstić information content (AvgIpc) is 2.27. The number of alkyl halides is 3. The smallest absolute Gasteiger partial charge is 0.422 e. The predicted octanol–water partition coefficient (Wildman–Crippen LogP) is 0.920. The van der Waals surface area contributed by atoms with Crippen LogP contribution in [0.5, 0.6) is 0 Å². The summed E-state index contributed by atoms with van der Waals surface area (Å²) in [5.74, 6) is -3.48. The van der Waals surface area contributed by atoms with E-state index in [4.69, 9.17) is 5.11 Å². The summed E-state index contributed by atoms with van der Waals surface area (Å²) >= 11 is 0. The summed E-state index contributed by atoms with van der Waals surface area (Å²) in [4.78, 5) is 29.5. The van der Waals surface area contributed by atoms with E-state index < -0.39 is 29.3 Å². The zero-order valence-electron chi connectivity index (χ0n) is 9.95. The Morgan fingerprint density at radius 2 is 1.84 bits per heavy atom. The fourth-order valence-corrected chi connectivity index (χ4v) is 1.05. The topological polar surface area (TPSA) is 92.2 Å². The van der Waals surface area contributed by atoms with Gasteiger partial charge in [-0.15, -0.1) is 0 Å². The van der Waals surface area contributed by atoms with Gasteiger partial charge in [0.15, 0.2) is 0 Å². The van der Waals surface area contributed by atoms with E-state index in [0.717, 1.165) is 6.20 Å². The fourth-order valence-electron chi connectivity index (χ4n) is 1.05. The Hall–Kier alpha value is -2.19. The summed E-state index contributed by atoms with van der Waals surface area (Å²) in [5.41, 5.74) is -3.33. The van der Waals surface area contributed by atoms with Crippen LogP contribution in [0.2, 0.25) is 0 Å². The van der Waals surface area contributed by atoms with Crippen LogP contribution in [0.4, 0.5) is 13.2 Å². The molecule has 0 aromatic carbocycles. The number of halogens is 3. The summed E-state index contributed by atoms with van der Waals surface area (Å²) in [6.45, 7) is 1.93. The van der Waals surface area contributed by atoms with Crippen LogP contribution in [-0.4, -0.2) is 38.7 Å². The van der Waals surface area contributed by atoms with Crippen LogP contribution in [0, 0.1) is 6.92 Å². The molecule has 0 spiro atoms. The van der Waals surface area contributed by atoms with Crippen LogP contribution in [0.15, 0.2) is 12.4 Å². The van der Waals surface area contributed by atoms with E-state index in [-0.39, 0.29) is 0 Å². The van der Waals surface area contributed by atoms with Crippen molar-refractivity contribution in [2.45, 2.75) is 25.6 Å². The first kappa shape index (κ1) is 14.9. The van der Waals surface area contributed by atoms with Gasteiger partial charge in [-0.05, 0) is 13.8 Å². The van der Waals surface area contributed by atoms with Crippen LogP contribution < -0.4 is 5.32 Å². The Morgan fingerprint density at radius 3 is 2.21 bits per heavy atom. The van der Waals surface area contributed by atoms with Gasteiger partial charge < -0.3 is 10.4 Å². The molecule has 6 nitrogen and oxygen atoms in total. The summed E-state index contributed by atoms with van der Waals surface area (Å²) < 4.78 is 38.0. The highest BCUT2D eigenvalue weighted by atomic mass is 19.4. The Balaban J connectivity index is 3.02. The molecule has 0 fully saturated rings. The lowest BCUT2D eigenvalue weighted by molar-refractivity contribution is -0.203. The van der Waals surface area contributed by atoms with E-state index >= 15 is 0 Å². The summed E-state index contributed by atoms with van der Waals surface area (Å²) in [6.07, 6.45) is -3.00.